The number of halogens is 7. The van der Waals surface area contributed by atoms with Crippen LogP contribution in [0.5, 0.6) is 0 Å². The van der Waals surface area contributed by atoms with E-state index in [1.54, 1.807) is 5.32 Å². The van der Waals surface area contributed by atoms with Gasteiger partial charge in [0.1, 0.15) is 23.1 Å². The zero-order valence-corrected chi connectivity index (χ0v) is 20.9. The zero-order chi connectivity index (χ0) is 29.7. The van der Waals surface area contributed by atoms with Crippen molar-refractivity contribution in [1.29, 1.82) is 0 Å². The first-order valence-corrected chi connectivity index (χ1v) is 12.0. The Morgan fingerprint density at radius 2 is 1.62 bits per heavy atom. The monoisotopic (exact) mass is 576 g/mol. The maximum absolute atomic E-state index is 15.1. The van der Waals surface area contributed by atoms with Crippen LogP contribution in [0.15, 0.2) is 29.2 Å². The van der Waals surface area contributed by atoms with E-state index in [0.29, 0.717) is 16.8 Å². The third-order valence-corrected chi connectivity index (χ3v) is 6.35. The number of fused-ring (bicyclic) bond motifs is 1. The maximum Gasteiger partial charge on any atom is 0.408 e. The maximum atomic E-state index is 15.1. The lowest BCUT2D eigenvalue weighted by atomic mass is 10.0. The van der Waals surface area contributed by atoms with E-state index in [-0.39, 0.29) is 25.2 Å². The highest BCUT2D eigenvalue weighted by Crippen LogP contribution is 2.29. The van der Waals surface area contributed by atoms with Gasteiger partial charge in [0.25, 0.3) is 5.91 Å². The van der Waals surface area contributed by atoms with Crippen LogP contribution in [-0.2, 0) is 0 Å². The average Bonchev–Trinajstić information content (AvgIpc) is 3.16. The number of rotatable bonds is 6. The topological polar surface area (TPSA) is 108 Å². The smallest absolute Gasteiger partial charge is 0.389 e. The van der Waals surface area contributed by atoms with Gasteiger partial charge in [-0.1, -0.05) is 13.8 Å². The minimum atomic E-state index is -4.90. The lowest BCUT2D eigenvalue weighted by Crippen LogP contribution is -2.47. The summed E-state index contributed by atoms with van der Waals surface area (Å²) in [6.45, 7) is 2.35. The second kappa shape index (κ2) is 10.7. The number of nitrogens with zero attached hydrogens (tertiary/aromatic N) is 3. The molecule has 0 spiro atoms. The molecule has 1 amide bonds. The van der Waals surface area contributed by atoms with Gasteiger partial charge in [-0.25, -0.2) is 22.5 Å². The summed E-state index contributed by atoms with van der Waals surface area (Å²) < 4.78 is 99.6. The fraction of sp³-hybridized carbons (Fsp3) is 0.400. The Morgan fingerprint density at radius 3 is 2.15 bits per heavy atom. The summed E-state index contributed by atoms with van der Waals surface area (Å²) in [5, 5.41) is 20.6. The number of carbonyl (C=O) groups excluding carboxylic acids is 1. The molecule has 2 aromatic heterocycles. The summed E-state index contributed by atoms with van der Waals surface area (Å²) in [6, 6.07) is -1.25. The van der Waals surface area contributed by atoms with E-state index in [2.05, 4.69) is 4.98 Å². The predicted octanol–water partition coefficient (Wildman–Crippen LogP) is 3.19. The molecule has 8 nitrogen and oxygen atoms in total. The SMILES string of the molecule is CC(C)C[C@H](NC(=O)c1cn(-c2c(F)cc(F)cc2F)c2nc(N3C[C@@H](O)[C@@H](O)C3)c(F)cc2c1=O)C(F)(F)F. The molecule has 0 bridgehead atoms. The molecule has 3 atom stereocenters. The Morgan fingerprint density at radius 1 is 1.05 bits per heavy atom. The van der Waals surface area contributed by atoms with Gasteiger partial charge in [0.2, 0.25) is 5.43 Å². The summed E-state index contributed by atoms with van der Waals surface area (Å²) in [5.41, 5.74) is -4.00. The van der Waals surface area contributed by atoms with Crippen LogP contribution in [0, 0.1) is 29.2 Å². The molecule has 0 saturated carbocycles. The van der Waals surface area contributed by atoms with Gasteiger partial charge in [0.15, 0.2) is 28.9 Å². The lowest BCUT2D eigenvalue weighted by molar-refractivity contribution is -0.156. The summed E-state index contributed by atoms with van der Waals surface area (Å²) >= 11 is 0. The van der Waals surface area contributed by atoms with Crippen molar-refractivity contribution in [3.8, 4) is 5.69 Å². The average molecular weight is 576 g/mol. The molecule has 3 aromatic rings. The van der Waals surface area contributed by atoms with Crippen LogP contribution in [0.3, 0.4) is 0 Å². The van der Waals surface area contributed by atoms with Crippen LogP contribution in [0.25, 0.3) is 16.7 Å². The molecule has 40 heavy (non-hydrogen) atoms. The second-order valence-electron chi connectivity index (χ2n) is 9.86. The molecule has 1 aliphatic rings. The first kappa shape index (κ1) is 29.3. The highest BCUT2D eigenvalue weighted by atomic mass is 19.4. The summed E-state index contributed by atoms with van der Waals surface area (Å²) in [5.74, 6) is -8.18. The number of anilines is 1. The molecule has 1 saturated heterocycles. The molecule has 1 aliphatic heterocycles. The number of amides is 1. The minimum absolute atomic E-state index is 0.280. The lowest BCUT2D eigenvalue weighted by Gasteiger charge is -2.24. The number of alkyl halides is 3. The Kier molecular flexibility index (Phi) is 7.82. The second-order valence-corrected chi connectivity index (χ2v) is 9.86. The fourth-order valence-electron chi connectivity index (χ4n) is 4.46. The standard InChI is InChI=1S/C25H23F7N4O4/c1-10(2)3-19(25(30,31)32)33-24(40)13-7-36(20-14(27)4-11(26)5-15(20)28)22-12(21(13)39)6-16(29)23(34-22)35-8-17(37)18(38)9-35/h4-7,10,17-19,37-38H,3,8-9H2,1-2H3,(H,33,40)/t17-,18+,19-/m0/s1. The van der Waals surface area contributed by atoms with Crippen molar-refractivity contribution in [3.05, 3.63) is 63.5 Å². The number of aliphatic hydroxyl groups is 2. The van der Waals surface area contributed by atoms with Crippen molar-refractivity contribution in [3.63, 3.8) is 0 Å². The quantitative estimate of drug-likeness (QED) is 0.390. The number of β-amino-alcohol motifs (C(OH)–C–C–N with tert-alkyl or cyclic N) is 2. The number of benzene rings is 1. The van der Waals surface area contributed by atoms with Gasteiger partial charge >= 0.3 is 6.18 Å². The van der Waals surface area contributed by atoms with Crippen LogP contribution in [0.1, 0.15) is 30.6 Å². The first-order chi connectivity index (χ1) is 18.6. The van der Waals surface area contributed by atoms with E-state index >= 15 is 4.39 Å². The fourth-order valence-corrected chi connectivity index (χ4v) is 4.46. The van der Waals surface area contributed by atoms with Gasteiger partial charge in [-0.05, 0) is 18.4 Å². The molecule has 1 fully saturated rings. The number of nitrogens with one attached hydrogen (secondary N) is 1. The highest BCUT2D eigenvalue weighted by Gasteiger charge is 2.41. The number of aromatic nitrogens is 2. The summed E-state index contributed by atoms with van der Waals surface area (Å²) in [7, 11) is 0. The molecule has 15 heteroatoms. The molecule has 3 heterocycles. The highest BCUT2D eigenvalue weighted by molar-refractivity contribution is 5.97. The molecule has 216 valence electrons. The number of pyridine rings is 2. The molecule has 0 aliphatic carbocycles. The van der Waals surface area contributed by atoms with E-state index in [1.165, 1.54) is 13.8 Å². The zero-order valence-electron chi connectivity index (χ0n) is 20.9. The predicted molar refractivity (Wildman–Crippen MR) is 128 cm³/mol. The Bertz CT molecular complexity index is 1490. The Labute approximate surface area is 221 Å². The van der Waals surface area contributed by atoms with Crippen LogP contribution < -0.4 is 15.6 Å². The third-order valence-electron chi connectivity index (χ3n) is 6.35. The van der Waals surface area contributed by atoms with Crippen LogP contribution in [-0.4, -0.2) is 63.2 Å². The van der Waals surface area contributed by atoms with Gasteiger partial charge in [-0.3, -0.25) is 14.2 Å². The van der Waals surface area contributed by atoms with Gasteiger partial charge in [0, 0.05) is 31.4 Å². The van der Waals surface area contributed by atoms with Crippen molar-refractivity contribution in [2.24, 2.45) is 5.92 Å². The van der Waals surface area contributed by atoms with Crippen molar-refractivity contribution in [1.82, 2.24) is 14.9 Å². The van der Waals surface area contributed by atoms with Crippen LogP contribution >= 0.6 is 0 Å². The van der Waals surface area contributed by atoms with E-state index in [4.69, 9.17) is 0 Å². The van der Waals surface area contributed by atoms with E-state index in [0.717, 1.165) is 4.90 Å². The Hall–Kier alpha value is -3.72. The molecular weight excluding hydrogens is 553 g/mol. The van der Waals surface area contributed by atoms with Crippen molar-refractivity contribution >= 4 is 22.8 Å². The third kappa shape index (κ3) is 5.61. The van der Waals surface area contributed by atoms with Gasteiger partial charge in [-0.2, -0.15) is 13.2 Å². The van der Waals surface area contributed by atoms with E-state index in [1.807, 2.05) is 0 Å². The molecule has 1 aromatic carbocycles. The van der Waals surface area contributed by atoms with Crippen molar-refractivity contribution in [2.75, 3.05) is 18.0 Å². The van der Waals surface area contributed by atoms with E-state index < -0.39 is 99.5 Å². The molecular formula is C25H23F7N4O4. The van der Waals surface area contributed by atoms with Crippen molar-refractivity contribution in [2.45, 2.75) is 44.7 Å². The van der Waals surface area contributed by atoms with Crippen LogP contribution in [0.4, 0.5) is 36.6 Å². The molecule has 0 unspecified atom stereocenters. The number of hydrogen-bond acceptors (Lipinski definition) is 6. The number of hydrogen-bond donors (Lipinski definition) is 3. The molecule has 3 N–H and O–H groups in total. The van der Waals surface area contributed by atoms with Gasteiger partial charge in [-0.15, -0.1) is 0 Å². The largest absolute Gasteiger partial charge is 0.408 e. The molecule has 4 rings (SSSR count). The minimum Gasteiger partial charge on any atom is -0.389 e. The van der Waals surface area contributed by atoms with E-state index in [9.17, 15) is 46.1 Å². The van der Waals surface area contributed by atoms with Crippen molar-refractivity contribution < 1.29 is 45.7 Å². The van der Waals surface area contributed by atoms with Gasteiger partial charge < -0.3 is 20.4 Å². The first-order valence-electron chi connectivity index (χ1n) is 12.0. The number of aliphatic hydroxyl groups excluding tert-OH is 2. The van der Waals surface area contributed by atoms with Crippen LogP contribution in [0.2, 0.25) is 0 Å². The Balaban J connectivity index is 1.96. The summed E-state index contributed by atoms with van der Waals surface area (Å²) in [4.78, 5) is 31.2. The van der Waals surface area contributed by atoms with Gasteiger partial charge in [0.05, 0.1) is 17.6 Å². The normalized spacial score (nSPS) is 18.6. The number of carbonyl (C=O) groups is 1. The molecule has 0 radical (unpaired) electrons. The summed E-state index contributed by atoms with van der Waals surface area (Å²) in [6.07, 6.45) is -7.50.